The highest BCUT2D eigenvalue weighted by molar-refractivity contribution is 7.99. The molecule has 0 fully saturated rings. The summed E-state index contributed by atoms with van der Waals surface area (Å²) in [6.45, 7) is 6.22. The van der Waals surface area contributed by atoms with E-state index in [1.54, 1.807) is 12.1 Å². The monoisotopic (exact) mass is 248 g/mol. The van der Waals surface area contributed by atoms with Crippen molar-refractivity contribution in [3.8, 4) is 0 Å². The molecule has 0 saturated carbocycles. The molecule has 0 N–H and O–H groups in total. The van der Waals surface area contributed by atoms with Crippen LogP contribution in [0, 0.1) is 0 Å². The highest BCUT2D eigenvalue weighted by Gasteiger charge is 2.27. The number of benzene rings is 1. The Morgan fingerprint density at radius 3 is 1.88 bits per heavy atom. The Morgan fingerprint density at radius 2 is 1.50 bits per heavy atom. The fourth-order valence-corrected chi connectivity index (χ4v) is 1.88. The quantitative estimate of drug-likeness (QED) is 0.687. The molecule has 16 heavy (non-hydrogen) atoms. The molecule has 0 unspecified atom stereocenters. The molecule has 1 aromatic rings. The van der Waals surface area contributed by atoms with Crippen molar-refractivity contribution in [1.29, 1.82) is 0 Å². The molecule has 0 atom stereocenters. The van der Waals surface area contributed by atoms with Gasteiger partial charge in [0.1, 0.15) is 0 Å². The molecular formula is C12H15F3S. The van der Waals surface area contributed by atoms with E-state index in [0.717, 1.165) is 17.3 Å². The first-order valence-electron chi connectivity index (χ1n) is 4.98. The maximum absolute atomic E-state index is 12.0. The van der Waals surface area contributed by atoms with Gasteiger partial charge in [0.2, 0.25) is 0 Å². The van der Waals surface area contributed by atoms with Crippen LogP contribution in [0.25, 0.3) is 0 Å². The van der Waals surface area contributed by atoms with Crippen molar-refractivity contribution >= 4 is 11.8 Å². The zero-order valence-corrected chi connectivity index (χ0v) is 10.4. The molecule has 0 bridgehead atoms. The first-order chi connectivity index (χ1) is 7.18. The molecule has 0 spiro atoms. The van der Waals surface area contributed by atoms with Gasteiger partial charge in [0.05, 0.1) is 5.75 Å². The van der Waals surface area contributed by atoms with E-state index in [1.165, 1.54) is 0 Å². The van der Waals surface area contributed by atoms with Crippen molar-refractivity contribution in [2.45, 2.75) is 37.3 Å². The Balaban J connectivity index is 2.66. The average molecular weight is 248 g/mol. The van der Waals surface area contributed by atoms with Gasteiger partial charge in [-0.25, -0.2) is 0 Å². The van der Waals surface area contributed by atoms with Gasteiger partial charge in [-0.1, -0.05) is 32.9 Å². The molecule has 0 aliphatic carbocycles. The smallest absolute Gasteiger partial charge is 0.170 e. The number of hydrogen-bond donors (Lipinski definition) is 0. The Bertz CT molecular complexity index is 333. The van der Waals surface area contributed by atoms with Gasteiger partial charge in [-0.05, 0) is 23.1 Å². The van der Waals surface area contributed by atoms with Crippen molar-refractivity contribution in [2.24, 2.45) is 0 Å². The van der Waals surface area contributed by atoms with Crippen molar-refractivity contribution < 1.29 is 13.2 Å². The third-order valence-corrected chi connectivity index (χ3v) is 3.20. The SMILES string of the molecule is CC(C)(C)c1ccc(SCC(F)(F)F)cc1. The lowest BCUT2D eigenvalue weighted by Crippen LogP contribution is -2.11. The largest absolute Gasteiger partial charge is 0.398 e. The summed E-state index contributed by atoms with van der Waals surface area (Å²) in [5.41, 5.74) is 1.16. The van der Waals surface area contributed by atoms with Gasteiger partial charge >= 0.3 is 6.18 Å². The Kier molecular flexibility index (Phi) is 3.94. The number of thioether (sulfide) groups is 1. The van der Waals surface area contributed by atoms with Crippen LogP contribution in [0.2, 0.25) is 0 Å². The van der Waals surface area contributed by atoms with Crippen LogP contribution in [0.5, 0.6) is 0 Å². The Labute approximate surface area is 98.2 Å². The third kappa shape index (κ3) is 4.47. The number of alkyl halides is 3. The van der Waals surface area contributed by atoms with Crippen molar-refractivity contribution in [3.05, 3.63) is 29.8 Å². The minimum absolute atomic E-state index is 0.0349. The normalized spacial score (nSPS) is 12.9. The van der Waals surface area contributed by atoms with Gasteiger partial charge in [-0.2, -0.15) is 13.2 Å². The number of halogens is 3. The number of hydrogen-bond acceptors (Lipinski definition) is 1. The average Bonchev–Trinajstić information content (AvgIpc) is 2.13. The molecule has 4 heteroatoms. The molecule has 0 aromatic heterocycles. The summed E-state index contributed by atoms with van der Waals surface area (Å²) in [6, 6.07) is 7.27. The predicted octanol–water partition coefficient (Wildman–Crippen LogP) is 4.64. The van der Waals surface area contributed by atoms with E-state index in [2.05, 4.69) is 20.8 Å². The van der Waals surface area contributed by atoms with Crippen molar-refractivity contribution in [2.75, 3.05) is 5.75 Å². The molecule has 0 aliphatic rings. The molecule has 90 valence electrons. The van der Waals surface area contributed by atoms with Crippen molar-refractivity contribution in [3.63, 3.8) is 0 Å². The van der Waals surface area contributed by atoms with E-state index < -0.39 is 11.9 Å². The van der Waals surface area contributed by atoms with Crippen LogP contribution in [0.4, 0.5) is 13.2 Å². The summed E-state index contributed by atoms with van der Waals surface area (Å²) >= 11 is 0.822. The number of rotatable bonds is 2. The maximum Gasteiger partial charge on any atom is 0.398 e. The molecular weight excluding hydrogens is 233 g/mol. The Morgan fingerprint density at radius 1 is 1.00 bits per heavy atom. The first-order valence-corrected chi connectivity index (χ1v) is 5.97. The van der Waals surface area contributed by atoms with E-state index in [9.17, 15) is 13.2 Å². The zero-order chi connectivity index (χ0) is 12.4. The van der Waals surface area contributed by atoms with Crippen LogP contribution in [-0.4, -0.2) is 11.9 Å². The van der Waals surface area contributed by atoms with Crippen LogP contribution in [0.3, 0.4) is 0 Å². The maximum atomic E-state index is 12.0. The highest BCUT2D eigenvalue weighted by atomic mass is 32.2. The fraction of sp³-hybridized carbons (Fsp3) is 0.500. The first kappa shape index (κ1) is 13.4. The molecule has 1 rings (SSSR count). The van der Waals surface area contributed by atoms with Gasteiger partial charge in [-0.15, -0.1) is 11.8 Å². The van der Waals surface area contributed by atoms with E-state index in [-0.39, 0.29) is 5.41 Å². The molecule has 0 heterocycles. The zero-order valence-electron chi connectivity index (χ0n) is 9.56. The van der Waals surface area contributed by atoms with Crippen LogP contribution in [0.1, 0.15) is 26.3 Å². The second kappa shape index (κ2) is 4.70. The molecule has 0 nitrogen and oxygen atoms in total. The lowest BCUT2D eigenvalue weighted by atomic mass is 9.87. The molecule has 0 aliphatic heterocycles. The van der Waals surface area contributed by atoms with Gasteiger partial charge in [0.25, 0.3) is 0 Å². The summed E-state index contributed by atoms with van der Waals surface area (Å²) in [6.07, 6.45) is -4.10. The molecule has 0 amide bonds. The predicted molar refractivity (Wildman–Crippen MR) is 61.9 cm³/mol. The summed E-state index contributed by atoms with van der Waals surface area (Å²) in [4.78, 5) is 0.658. The van der Waals surface area contributed by atoms with E-state index in [1.807, 2.05) is 12.1 Å². The van der Waals surface area contributed by atoms with Crippen LogP contribution < -0.4 is 0 Å². The molecule has 1 aromatic carbocycles. The van der Waals surface area contributed by atoms with Gasteiger partial charge in [0.15, 0.2) is 0 Å². The lowest BCUT2D eigenvalue weighted by molar-refractivity contribution is -0.105. The summed E-state index contributed by atoms with van der Waals surface area (Å²) in [5.74, 6) is -0.831. The summed E-state index contributed by atoms with van der Waals surface area (Å²) < 4.78 is 36.0. The van der Waals surface area contributed by atoms with E-state index in [0.29, 0.717) is 4.90 Å². The second-order valence-corrected chi connectivity index (χ2v) is 5.73. The molecule has 0 radical (unpaired) electrons. The topological polar surface area (TPSA) is 0 Å². The minimum Gasteiger partial charge on any atom is -0.170 e. The standard InChI is InChI=1S/C12H15F3S/c1-11(2,3)9-4-6-10(7-5-9)16-8-12(13,14)15/h4-7H,8H2,1-3H3. The Hall–Kier alpha value is -0.640. The van der Waals surface area contributed by atoms with Gasteiger partial charge in [-0.3, -0.25) is 0 Å². The van der Waals surface area contributed by atoms with Crippen LogP contribution in [-0.2, 0) is 5.41 Å². The fourth-order valence-electron chi connectivity index (χ4n) is 1.22. The van der Waals surface area contributed by atoms with Crippen LogP contribution in [0.15, 0.2) is 29.2 Å². The van der Waals surface area contributed by atoms with Gasteiger partial charge in [0, 0.05) is 4.90 Å². The highest BCUT2D eigenvalue weighted by Crippen LogP contribution is 2.29. The van der Waals surface area contributed by atoms with Crippen LogP contribution >= 0.6 is 11.8 Å². The summed E-state index contributed by atoms with van der Waals surface area (Å²) in [7, 11) is 0. The van der Waals surface area contributed by atoms with Crippen molar-refractivity contribution in [1.82, 2.24) is 0 Å². The third-order valence-electron chi connectivity index (χ3n) is 2.12. The van der Waals surface area contributed by atoms with E-state index in [4.69, 9.17) is 0 Å². The molecule has 0 saturated heterocycles. The van der Waals surface area contributed by atoms with E-state index >= 15 is 0 Å². The lowest BCUT2D eigenvalue weighted by Gasteiger charge is -2.19. The summed E-state index contributed by atoms with van der Waals surface area (Å²) in [5, 5.41) is 0. The minimum atomic E-state index is -4.10. The second-order valence-electron chi connectivity index (χ2n) is 4.68. The van der Waals surface area contributed by atoms with Gasteiger partial charge < -0.3 is 0 Å².